The van der Waals surface area contributed by atoms with Crippen molar-refractivity contribution in [2.24, 2.45) is 0 Å². The number of rotatable bonds is 5. The number of carbonyl (C=O) groups excluding carboxylic acids is 1. The van der Waals surface area contributed by atoms with Crippen LogP contribution in [0.15, 0.2) is 30.9 Å². The number of nitrogens with one attached hydrogen (secondary N) is 2. The number of aromatic nitrogens is 5. The average molecular weight is 396 g/mol. The van der Waals surface area contributed by atoms with Crippen LogP contribution in [0.25, 0.3) is 11.0 Å². The molecule has 0 spiro atoms. The van der Waals surface area contributed by atoms with Gasteiger partial charge in [0.15, 0.2) is 0 Å². The fourth-order valence-electron chi connectivity index (χ4n) is 3.33. The van der Waals surface area contributed by atoms with E-state index in [-0.39, 0.29) is 6.10 Å². The first-order chi connectivity index (χ1) is 14.0. The van der Waals surface area contributed by atoms with Gasteiger partial charge in [0.05, 0.1) is 24.6 Å². The molecule has 0 aromatic carbocycles. The van der Waals surface area contributed by atoms with Gasteiger partial charge in [-0.15, -0.1) is 0 Å². The largest absolute Gasteiger partial charge is 0.444 e. The first-order valence-corrected chi connectivity index (χ1v) is 9.59. The average Bonchev–Trinajstić information content (AvgIpc) is 3.35. The van der Waals surface area contributed by atoms with Crippen LogP contribution in [0.3, 0.4) is 0 Å². The Morgan fingerprint density at radius 1 is 1.28 bits per heavy atom. The summed E-state index contributed by atoms with van der Waals surface area (Å²) in [4.78, 5) is 31.2. The molecule has 0 bridgehead atoms. The Morgan fingerprint density at radius 3 is 2.93 bits per heavy atom. The van der Waals surface area contributed by atoms with Gasteiger partial charge in [0.25, 0.3) is 0 Å². The zero-order chi connectivity index (χ0) is 20.4. The van der Waals surface area contributed by atoms with E-state index < -0.39 is 6.09 Å². The topological polar surface area (TPSA) is 110 Å². The number of amides is 1. The third kappa shape index (κ3) is 4.05. The van der Waals surface area contributed by atoms with Gasteiger partial charge in [-0.25, -0.2) is 19.7 Å². The quantitative estimate of drug-likeness (QED) is 0.677. The third-order valence-corrected chi connectivity index (χ3v) is 4.82. The molecule has 3 aromatic heterocycles. The summed E-state index contributed by atoms with van der Waals surface area (Å²) in [6, 6.07) is 4.07. The summed E-state index contributed by atoms with van der Waals surface area (Å²) in [6.07, 6.45) is 5.43. The molecule has 10 heteroatoms. The fraction of sp³-hybridized carbons (Fsp3) is 0.421. The van der Waals surface area contributed by atoms with Crippen LogP contribution in [-0.2, 0) is 4.74 Å². The fourth-order valence-corrected chi connectivity index (χ4v) is 3.33. The third-order valence-electron chi connectivity index (χ3n) is 4.82. The van der Waals surface area contributed by atoms with Crippen molar-refractivity contribution >= 4 is 34.7 Å². The van der Waals surface area contributed by atoms with Crippen LogP contribution >= 0.6 is 0 Å². The highest BCUT2D eigenvalue weighted by Crippen LogP contribution is 2.23. The molecule has 1 atom stereocenters. The highest BCUT2D eigenvalue weighted by atomic mass is 16.6. The molecular formula is C19H24N8O2. The molecule has 1 saturated heterocycles. The van der Waals surface area contributed by atoms with Crippen LogP contribution in [0.4, 0.5) is 22.4 Å². The lowest BCUT2D eigenvalue weighted by atomic mass is 10.3. The number of alkyl carbamates (subject to hydrolysis) is 1. The van der Waals surface area contributed by atoms with Gasteiger partial charge in [-0.1, -0.05) is 0 Å². The molecule has 0 aliphatic carbocycles. The first kappa shape index (κ1) is 18.9. The second-order valence-electron chi connectivity index (χ2n) is 7.18. The number of anilines is 3. The molecule has 4 heterocycles. The molecule has 4 rings (SSSR count). The molecular weight excluding hydrogens is 372 g/mol. The van der Waals surface area contributed by atoms with Gasteiger partial charge in [0.1, 0.15) is 23.3 Å². The van der Waals surface area contributed by atoms with E-state index in [1.807, 2.05) is 17.3 Å². The number of carbonyl (C=O) groups is 1. The lowest BCUT2D eigenvalue weighted by molar-refractivity contribution is 0.110. The van der Waals surface area contributed by atoms with E-state index in [2.05, 4.69) is 49.0 Å². The van der Waals surface area contributed by atoms with Crippen molar-refractivity contribution in [2.75, 3.05) is 30.4 Å². The molecule has 1 amide bonds. The summed E-state index contributed by atoms with van der Waals surface area (Å²) in [5.41, 5.74) is 1.87. The van der Waals surface area contributed by atoms with E-state index in [0.717, 1.165) is 24.0 Å². The maximum absolute atomic E-state index is 11.4. The molecule has 29 heavy (non-hydrogen) atoms. The lowest BCUT2D eigenvalue weighted by Crippen LogP contribution is -2.29. The minimum Gasteiger partial charge on any atom is -0.444 e. The van der Waals surface area contributed by atoms with E-state index in [1.54, 1.807) is 25.5 Å². The standard InChI is InChI=1S/C19H24N8O2/c1-12(2)27-11-23-14-9-22-17(8-15(14)27)24-16-4-6-21-18(25-16)26-7-5-13(10-26)29-19(28)20-3/h4,6,8-9,11-13H,5,7,10H2,1-3H3,(H,20,28)(H,21,22,24,25). The predicted octanol–water partition coefficient (Wildman–Crippen LogP) is 2.48. The molecule has 1 fully saturated rings. The van der Waals surface area contributed by atoms with Gasteiger partial charge in [-0.05, 0) is 19.9 Å². The summed E-state index contributed by atoms with van der Waals surface area (Å²) in [5.74, 6) is 1.92. The number of hydrogen-bond donors (Lipinski definition) is 2. The maximum Gasteiger partial charge on any atom is 0.407 e. The van der Waals surface area contributed by atoms with Crippen LogP contribution in [-0.4, -0.2) is 56.8 Å². The van der Waals surface area contributed by atoms with Gasteiger partial charge in [-0.2, -0.15) is 4.98 Å². The van der Waals surface area contributed by atoms with Crippen molar-refractivity contribution in [3.05, 3.63) is 30.9 Å². The Bertz CT molecular complexity index is 1020. The first-order valence-electron chi connectivity index (χ1n) is 9.59. The van der Waals surface area contributed by atoms with Gasteiger partial charge in [0.2, 0.25) is 5.95 Å². The number of fused-ring (bicyclic) bond motifs is 1. The van der Waals surface area contributed by atoms with Crippen LogP contribution < -0.4 is 15.5 Å². The van der Waals surface area contributed by atoms with Crippen molar-refractivity contribution in [3.63, 3.8) is 0 Å². The van der Waals surface area contributed by atoms with E-state index in [1.165, 1.54) is 0 Å². The van der Waals surface area contributed by atoms with Gasteiger partial charge in [-0.3, -0.25) is 0 Å². The van der Waals surface area contributed by atoms with Crippen LogP contribution in [0.5, 0.6) is 0 Å². The number of nitrogens with zero attached hydrogens (tertiary/aromatic N) is 6. The van der Waals surface area contributed by atoms with E-state index >= 15 is 0 Å². The van der Waals surface area contributed by atoms with Crippen molar-refractivity contribution in [2.45, 2.75) is 32.4 Å². The van der Waals surface area contributed by atoms with E-state index in [0.29, 0.717) is 30.2 Å². The number of pyridine rings is 1. The molecule has 10 nitrogen and oxygen atoms in total. The highest BCUT2D eigenvalue weighted by Gasteiger charge is 2.27. The number of ether oxygens (including phenoxy) is 1. The Kier molecular flexibility index (Phi) is 5.15. The summed E-state index contributed by atoms with van der Waals surface area (Å²) in [7, 11) is 1.55. The van der Waals surface area contributed by atoms with Crippen molar-refractivity contribution in [1.29, 1.82) is 0 Å². The Hall–Kier alpha value is -3.43. The molecule has 1 aliphatic heterocycles. The summed E-state index contributed by atoms with van der Waals surface area (Å²) in [5, 5.41) is 5.71. The molecule has 152 valence electrons. The Morgan fingerprint density at radius 2 is 2.14 bits per heavy atom. The van der Waals surface area contributed by atoms with E-state index in [9.17, 15) is 4.79 Å². The van der Waals surface area contributed by atoms with Crippen molar-refractivity contribution < 1.29 is 9.53 Å². The SMILES string of the molecule is CNC(=O)OC1CCN(c2nccc(Nc3cc4c(cn3)ncn4C(C)C)n2)C1. The summed E-state index contributed by atoms with van der Waals surface area (Å²) >= 11 is 0. The van der Waals surface area contributed by atoms with Crippen LogP contribution in [0.1, 0.15) is 26.3 Å². The lowest BCUT2D eigenvalue weighted by Gasteiger charge is -2.17. The smallest absolute Gasteiger partial charge is 0.407 e. The predicted molar refractivity (Wildman–Crippen MR) is 109 cm³/mol. The zero-order valence-corrected chi connectivity index (χ0v) is 16.7. The van der Waals surface area contributed by atoms with Crippen molar-refractivity contribution in [3.8, 4) is 0 Å². The van der Waals surface area contributed by atoms with Gasteiger partial charge >= 0.3 is 6.09 Å². The molecule has 0 radical (unpaired) electrons. The minimum absolute atomic E-state index is 0.171. The summed E-state index contributed by atoms with van der Waals surface area (Å²) in [6.45, 7) is 5.52. The normalized spacial score (nSPS) is 16.4. The Labute approximate surface area is 168 Å². The highest BCUT2D eigenvalue weighted by molar-refractivity contribution is 5.78. The molecule has 2 N–H and O–H groups in total. The molecule has 1 aliphatic rings. The molecule has 1 unspecified atom stereocenters. The minimum atomic E-state index is -0.421. The second kappa shape index (κ2) is 7.90. The zero-order valence-electron chi connectivity index (χ0n) is 16.7. The van der Waals surface area contributed by atoms with E-state index in [4.69, 9.17) is 4.74 Å². The summed E-state index contributed by atoms with van der Waals surface area (Å²) < 4.78 is 7.42. The monoisotopic (exact) mass is 396 g/mol. The number of imidazole rings is 1. The molecule has 3 aromatic rings. The Balaban J connectivity index is 1.49. The van der Waals surface area contributed by atoms with Gasteiger partial charge < -0.3 is 24.8 Å². The van der Waals surface area contributed by atoms with Crippen LogP contribution in [0.2, 0.25) is 0 Å². The molecule has 0 saturated carbocycles. The number of hydrogen-bond acceptors (Lipinski definition) is 8. The maximum atomic E-state index is 11.4. The van der Waals surface area contributed by atoms with Crippen LogP contribution in [0, 0.1) is 0 Å². The van der Waals surface area contributed by atoms with Gasteiger partial charge in [0, 0.05) is 38.3 Å². The second-order valence-corrected chi connectivity index (χ2v) is 7.18. The van der Waals surface area contributed by atoms with Crippen molar-refractivity contribution in [1.82, 2.24) is 29.8 Å².